The van der Waals surface area contributed by atoms with Gasteiger partial charge in [-0.05, 0) is 99.7 Å². The lowest BCUT2D eigenvalue weighted by atomic mass is 9.64. The lowest BCUT2D eigenvalue weighted by molar-refractivity contribution is -0.106. The molecule has 0 aromatic heterocycles. The van der Waals surface area contributed by atoms with Crippen molar-refractivity contribution < 1.29 is 9.59 Å². The Morgan fingerprint density at radius 1 is 0.667 bits per heavy atom. The van der Waals surface area contributed by atoms with Crippen LogP contribution in [0.4, 0.5) is 0 Å². The van der Waals surface area contributed by atoms with Crippen molar-refractivity contribution in [2.45, 2.75) is 58.8 Å². The van der Waals surface area contributed by atoms with E-state index in [1.54, 1.807) is 44.9 Å². The molecule has 2 nitrogen and oxygen atoms in total. The average molecular weight is 290 g/mol. The molecular formula is C19H30O2. The summed E-state index contributed by atoms with van der Waals surface area (Å²) in [7, 11) is 0. The first-order valence-corrected chi connectivity index (χ1v) is 9.06. The molecule has 0 aromatic carbocycles. The maximum absolute atomic E-state index is 8.81. The maximum atomic E-state index is 8.81. The SMILES string of the molecule is C1CC2C(C1)C1CC2C2C3CCC(C3)C12.CC=O.CC=O. The van der Waals surface area contributed by atoms with E-state index in [4.69, 9.17) is 9.59 Å². The Hall–Kier alpha value is -0.660. The van der Waals surface area contributed by atoms with Crippen LogP contribution in [-0.2, 0) is 9.59 Å². The van der Waals surface area contributed by atoms with Gasteiger partial charge >= 0.3 is 0 Å². The summed E-state index contributed by atoms with van der Waals surface area (Å²) in [6, 6.07) is 0. The third-order valence-corrected chi connectivity index (χ3v) is 7.30. The number of carbonyl (C=O) groups is 2. The summed E-state index contributed by atoms with van der Waals surface area (Å²) in [5, 5.41) is 0. The second-order valence-corrected chi connectivity index (χ2v) is 7.78. The second kappa shape index (κ2) is 6.22. The standard InChI is InChI=1S/C15H22.2C2H4O/c1-2-10-11(3-1)13-7-12(10)14-8-4-5-9(6-8)15(13)14;2*1-2-3/h8-15H,1-7H2;2*2H,1H3. The quantitative estimate of drug-likeness (QED) is 0.496. The van der Waals surface area contributed by atoms with E-state index in [0.717, 1.165) is 12.6 Å². The number of aldehydes is 2. The van der Waals surface area contributed by atoms with E-state index in [2.05, 4.69) is 0 Å². The lowest BCUT2D eigenvalue weighted by Crippen LogP contribution is -2.35. The molecule has 0 aliphatic heterocycles. The summed E-state index contributed by atoms with van der Waals surface area (Å²) in [6.45, 7) is 2.89. The lowest BCUT2D eigenvalue weighted by Gasteiger charge is -2.40. The zero-order valence-electron chi connectivity index (χ0n) is 13.5. The number of hydrogen-bond acceptors (Lipinski definition) is 2. The molecule has 21 heavy (non-hydrogen) atoms. The molecule has 0 aromatic rings. The van der Waals surface area contributed by atoms with Crippen molar-refractivity contribution in [1.29, 1.82) is 0 Å². The smallest absolute Gasteiger partial charge is 0.116 e. The van der Waals surface area contributed by atoms with Gasteiger partial charge in [0.25, 0.3) is 0 Å². The molecule has 5 aliphatic rings. The summed E-state index contributed by atoms with van der Waals surface area (Å²) in [6.07, 6.45) is 12.9. The Morgan fingerprint density at radius 3 is 1.52 bits per heavy atom. The van der Waals surface area contributed by atoms with Gasteiger partial charge in [0.05, 0.1) is 0 Å². The highest BCUT2D eigenvalue weighted by molar-refractivity contribution is 5.44. The Labute approximate surface area is 129 Å². The summed E-state index contributed by atoms with van der Waals surface area (Å²) >= 11 is 0. The Kier molecular flexibility index (Phi) is 4.51. The molecule has 0 spiro atoms. The average Bonchev–Trinajstić information content (AvgIpc) is 3.24. The van der Waals surface area contributed by atoms with E-state index in [1.807, 2.05) is 0 Å². The molecule has 5 aliphatic carbocycles. The Balaban J connectivity index is 0.000000195. The van der Waals surface area contributed by atoms with Crippen molar-refractivity contribution in [3.63, 3.8) is 0 Å². The van der Waals surface area contributed by atoms with Gasteiger partial charge in [-0.25, -0.2) is 0 Å². The fourth-order valence-electron chi connectivity index (χ4n) is 7.28. The zero-order valence-corrected chi connectivity index (χ0v) is 13.5. The predicted molar refractivity (Wildman–Crippen MR) is 83.7 cm³/mol. The normalized spacial score (nSPS) is 50.4. The highest BCUT2D eigenvalue weighted by atomic mass is 16.1. The molecule has 2 heteroatoms. The van der Waals surface area contributed by atoms with Gasteiger partial charge < -0.3 is 9.59 Å². The first-order valence-electron chi connectivity index (χ1n) is 9.06. The van der Waals surface area contributed by atoms with E-state index in [0.29, 0.717) is 0 Å². The molecule has 0 amide bonds. The van der Waals surface area contributed by atoms with Crippen molar-refractivity contribution in [2.75, 3.05) is 0 Å². The molecule has 4 bridgehead atoms. The van der Waals surface area contributed by atoms with Gasteiger partial charge in [-0.2, -0.15) is 0 Å². The van der Waals surface area contributed by atoms with Crippen molar-refractivity contribution in [2.24, 2.45) is 47.3 Å². The van der Waals surface area contributed by atoms with E-state index < -0.39 is 0 Å². The molecule has 0 N–H and O–H groups in total. The molecule has 0 heterocycles. The summed E-state index contributed by atoms with van der Waals surface area (Å²) in [5.41, 5.74) is 0. The van der Waals surface area contributed by atoms with Gasteiger partial charge in [0.2, 0.25) is 0 Å². The third kappa shape index (κ3) is 2.29. The summed E-state index contributed by atoms with van der Waals surface area (Å²) in [5.74, 6) is 9.78. The van der Waals surface area contributed by atoms with Gasteiger partial charge in [0.15, 0.2) is 0 Å². The van der Waals surface area contributed by atoms with Crippen molar-refractivity contribution in [3.8, 4) is 0 Å². The van der Waals surface area contributed by atoms with Crippen LogP contribution < -0.4 is 0 Å². The van der Waals surface area contributed by atoms with Crippen LogP contribution in [0.25, 0.3) is 0 Å². The van der Waals surface area contributed by atoms with Crippen LogP contribution in [0.3, 0.4) is 0 Å². The first-order chi connectivity index (χ1) is 10.3. The highest BCUT2D eigenvalue weighted by Crippen LogP contribution is 2.72. The summed E-state index contributed by atoms with van der Waals surface area (Å²) < 4.78 is 0. The van der Waals surface area contributed by atoms with Gasteiger partial charge in [-0.3, -0.25) is 0 Å². The largest absolute Gasteiger partial charge is 0.304 e. The minimum Gasteiger partial charge on any atom is -0.304 e. The van der Waals surface area contributed by atoms with Crippen LogP contribution in [-0.4, -0.2) is 12.6 Å². The third-order valence-electron chi connectivity index (χ3n) is 7.30. The molecular weight excluding hydrogens is 260 g/mol. The Bertz CT molecular complexity index is 357. The van der Waals surface area contributed by atoms with Crippen molar-refractivity contribution in [3.05, 3.63) is 0 Å². The fraction of sp³-hybridized carbons (Fsp3) is 0.895. The van der Waals surface area contributed by atoms with Crippen LogP contribution in [0.1, 0.15) is 58.8 Å². The van der Waals surface area contributed by atoms with Gasteiger partial charge in [-0.1, -0.05) is 6.42 Å². The molecule has 0 radical (unpaired) electrons. The fourth-order valence-corrected chi connectivity index (χ4v) is 7.28. The second-order valence-electron chi connectivity index (χ2n) is 7.78. The van der Waals surface area contributed by atoms with Gasteiger partial charge in [0, 0.05) is 0 Å². The molecule has 5 fully saturated rings. The first kappa shape index (κ1) is 15.2. The van der Waals surface area contributed by atoms with Gasteiger partial charge in [-0.15, -0.1) is 0 Å². The molecule has 0 saturated heterocycles. The maximum Gasteiger partial charge on any atom is 0.116 e. The molecule has 5 rings (SSSR count). The Morgan fingerprint density at radius 2 is 1.10 bits per heavy atom. The number of hydrogen-bond donors (Lipinski definition) is 0. The topological polar surface area (TPSA) is 34.1 Å². The summed E-state index contributed by atoms with van der Waals surface area (Å²) in [4.78, 5) is 17.6. The monoisotopic (exact) mass is 290 g/mol. The highest BCUT2D eigenvalue weighted by Gasteiger charge is 2.65. The van der Waals surface area contributed by atoms with Crippen LogP contribution in [0.15, 0.2) is 0 Å². The van der Waals surface area contributed by atoms with Crippen LogP contribution in [0.2, 0.25) is 0 Å². The minimum absolute atomic E-state index is 0.750. The minimum atomic E-state index is 0.750. The number of fused-ring (bicyclic) bond motifs is 12. The van der Waals surface area contributed by atoms with E-state index >= 15 is 0 Å². The van der Waals surface area contributed by atoms with Crippen LogP contribution in [0.5, 0.6) is 0 Å². The van der Waals surface area contributed by atoms with E-state index in [1.165, 1.54) is 61.2 Å². The number of rotatable bonds is 0. The molecule has 5 saturated carbocycles. The van der Waals surface area contributed by atoms with Crippen molar-refractivity contribution in [1.82, 2.24) is 0 Å². The van der Waals surface area contributed by atoms with Crippen molar-refractivity contribution >= 4 is 12.6 Å². The molecule has 118 valence electrons. The van der Waals surface area contributed by atoms with E-state index in [-0.39, 0.29) is 0 Å². The van der Waals surface area contributed by atoms with Gasteiger partial charge in [0.1, 0.15) is 12.6 Å². The van der Waals surface area contributed by atoms with E-state index in [9.17, 15) is 0 Å². The zero-order chi connectivity index (χ0) is 15.0. The predicted octanol–water partition coefficient (Wildman–Crippen LogP) is 4.13. The van der Waals surface area contributed by atoms with Crippen LogP contribution in [0, 0.1) is 47.3 Å². The molecule has 8 unspecified atom stereocenters. The number of carbonyl (C=O) groups excluding carboxylic acids is 2. The van der Waals surface area contributed by atoms with Crippen LogP contribution >= 0.6 is 0 Å². The molecule has 8 atom stereocenters.